The van der Waals surface area contributed by atoms with Gasteiger partial charge >= 0.3 is 0 Å². The number of ether oxygens (including phenoxy) is 2. The molecule has 4 heterocycles. The molecule has 4 aliphatic rings. The fourth-order valence-electron chi connectivity index (χ4n) is 4.44. The van der Waals surface area contributed by atoms with Crippen molar-refractivity contribution in [2.45, 2.75) is 56.6 Å². The number of aryl methyl sites for hydroxylation is 1. The predicted molar refractivity (Wildman–Crippen MR) is 137 cm³/mol. The maximum Gasteiger partial charge on any atom is 0.231 e. The second-order valence-electron chi connectivity index (χ2n) is 10.0. The van der Waals surface area contributed by atoms with Crippen molar-refractivity contribution in [3.8, 4) is 23.0 Å². The van der Waals surface area contributed by atoms with Gasteiger partial charge in [0.2, 0.25) is 12.7 Å². The van der Waals surface area contributed by atoms with Crippen LogP contribution < -0.4 is 15.2 Å². The number of carbonyl (C=O) groups excluding carboxylic acids is 1. The monoisotopic (exact) mass is 560 g/mol. The Balaban J connectivity index is 1.27. The summed E-state index contributed by atoms with van der Waals surface area (Å²) in [5.74, 6) is 3.32. The number of anilines is 1. The minimum absolute atomic E-state index is 0.223. The number of amides is 1. The van der Waals surface area contributed by atoms with E-state index in [1.165, 1.54) is 11.8 Å². The lowest BCUT2D eigenvalue weighted by atomic mass is 9.89. The zero-order chi connectivity index (χ0) is 24.7. The van der Waals surface area contributed by atoms with Crippen molar-refractivity contribution < 1.29 is 14.3 Å². The van der Waals surface area contributed by atoms with Crippen molar-refractivity contribution >= 4 is 39.4 Å². The van der Waals surface area contributed by atoms with E-state index in [2.05, 4.69) is 25.9 Å². The van der Waals surface area contributed by atoms with Crippen LogP contribution in [0.25, 0.3) is 11.5 Å². The minimum Gasteiger partial charge on any atom is -0.454 e. The fraction of sp³-hybridized carbons (Fsp3) is 0.500. The summed E-state index contributed by atoms with van der Waals surface area (Å²) in [7, 11) is 0. The van der Waals surface area contributed by atoms with Gasteiger partial charge in [-0.15, -0.1) is 0 Å². The zero-order valence-electron chi connectivity index (χ0n) is 20.1. The van der Waals surface area contributed by atoms with Crippen LogP contribution >= 0.6 is 27.7 Å². The van der Waals surface area contributed by atoms with Gasteiger partial charge in [0.25, 0.3) is 0 Å². The molecule has 0 radical (unpaired) electrons. The number of nitrogens with zero attached hydrogens (tertiary/aromatic N) is 5. The normalized spacial score (nSPS) is 16.3. The first-order valence-electron chi connectivity index (χ1n) is 11.7. The van der Waals surface area contributed by atoms with E-state index in [9.17, 15) is 4.79 Å². The largest absolute Gasteiger partial charge is 0.454 e. The molecule has 2 N–H and O–H groups in total. The molecule has 9 nitrogen and oxygen atoms in total. The predicted octanol–water partition coefficient (Wildman–Crippen LogP) is 4.68. The third-order valence-corrected chi connectivity index (χ3v) is 8.26. The Morgan fingerprint density at radius 1 is 1.20 bits per heavy atom. The Labute approximate surface area is 217 Å². The molecule has 4 aliphatic heterocycles. The highest BCUT2D eigenvalue weighted by Crippen LogP contribution is 2.43. The van der Waals surface area contributed by atoms with Gasteiger partial charge in [-0.3, -0.25) is 4.79 Å². The van der Waals surface area contributed by atoms with Gasteiger partial charge in [0, 0.05) is 34.4 Å². The number of rotatable bonds is 5. The molecule has 11 heteroatoms. The van der Waals surface area contributed by atoms with Gasteiger partial charge in [0.1, 0.15) is 0 Å². The van der Waals surface area contributed by atoms with Crippen LogP contribution in [-0.4, -0.2) is 50.2 Å². The van der Waals surface area contributed by atoms with E-state index in [0.29, 0.717) is 28.3 Å². The molecule has 1 amide bonds. The van der Waals surface area contributed by atoms with Gasteiger partial charge < -0.3 is 24.7 Å². The van der Waals surface area contributed by atoms with Gasteiger partial charge in [-0.1, -0.05) is 20.8 Å². The highest BCUT2D eigenvalue weighted by Gasteiger charge is 2.30. The number of benzene rings is 1. The molecule has 1 saturated heterocycles. The maximum atomic E-state index is 12.6. The molecule has 0 atom stereocenters. The van der Waals surface area contributed by atoms with Crippen molar-refractivity contribution in [3.63, 3.8) is 0 Å². The first-order chi connectivity index (χ1) is 16.7. The zero-order valence-corrected chi connectivity index (χ0v) is 22.5. The molecular weight excluding hydrogens is 532 g/mol. The van der Waals surface area contributed by atoms with Crippen molar-refractivity contribution in [2.24, 2.45) is 11.3 Å². The number of fused-ring (bicyclic) bond motifs is 2. The number of imidazole rings is 1. The Hall–Kier alpha value is -2.53. The first kappa shape index (κ1) is 24.2. The van der Waals surface area contributed by atoms with E-state index >= 15 is 0 Å². The maximum absolute atomic E-state index is 12.6. The molecule has 35 heavy (non-hydrogen) atoms. The van der Waals surface area contributed by atoms with Crippen LogP contribution in [0.5, 0.6) is 11.5 Å². The van der Waals surface area contributed by atoms with Crippen LogP contribution in [0.15, 0.2) is 33.0 Å². The summed E-state index contributed by atoms with van der Waals surface area (Å²) < 4.78 is 13.9. The first-order valence-corrected chi connectivity index (χ1v) is 13.3. The van der Waals surface area contributed by atoms with Gasteiger partial charge in [0.05, 0.1) is 6.33 Å². The topological polar surface area (TPSA) is 108 Å². The van der Waals surface area contributed by atoms with E-state index in [0.717, 1.165) is 59.8 Å². The number of hydrogen-bond acceptors (Lipinski definition) is 8. The molecule has 0 unspecified atom stereocenters. The Bertz CT molecular complexity index is 1220. The summed E-state index contributed by atoms with van der Waals surface area (Å²) >= 11 is 5.03. The summed E-state index contributed by atoms with van der Waals surface area (Å²) in [5.41, 5.74) is 6.42. The van der Waals surface area contributed by atoms with E-state index in [4.69, 9.17) is 20.2 Å². The third-order valence-electron chi connectivity index (χ3n) is 6.42. The molecule has 186 valence electrons. The molecule has 0 aliphatic carbocycles. The van der Waals surface area contributed by atoms with Gasteiger partial charge in [-0.05, 0) is 65.0 Å². The molecule has 1 aromatic carbocycles. The average Bonchev–Trinajstić information content (AvgIpc) is 3.45. The van der Waals surface area contributed by atoms with Crippen molar-refractivity contribution in [3.05, 3.63) is 22.9 Å². The molecule has 0 saturated carbocycles. The summed E-state index contributed by atoms with van der Waals surface area (Å²) in [6.45, 7) is 8.59. The summed E-state index contributed by atoms with van der Waals surface area (Å²) in [5, 5.41) is 0.599. The van der Waals surface area contributed by atoms with Crippen LogP contribution in [0.1, 0.15) is 40.0 Å². The summed E-state index contributed by atoms with van der Waals surface area (Å²) in [4.78, 5) is 29.3. The number of likely N-dealkylation sites (tertiary alicyclic amines) is 1. The molecular formula is C24H29BrN6O3S. The van der Waals surface area contributed by atoms with Crippen molar-refractivity contribution in [1.29, 1.82) is 0 Å². The number of nitrogen functional groups attached to an aromatic ring is 1. The van der Waals surface area contributed by atoms with E-state index < -0.39 is 0 Å². The van der Waals surface area contributed by atoms with Crippen LogP contribution in [-0.2, 0) is 11.3 Å². The van der Waals surface area contributed by atoms with E-state index in [1.54, 1.807) is 6.33 Å². The van der Waals surface area contributed by atoms with Crippen LogP contribution in [0.4, 0.5) is 5.82 Å². The molecule has 0 bridgehead atoms. The fourth-order valence-corrected chi connectivity index (χ4v) is 5.79. The molecule has 1 aromatic rings. The van der Waals surface area contributed by atoms with Gasteiger partial charge in [0.15, 0.2) is 34.0 Å². The number of nitrogens with two attached hydrogens (primary N) is 1. The average molecular weight is 562 g/mol. The second kappa shape index (κ2) is 9.50. The number of halogens is 1. The van der Waals surface area contributed by atoms with Gasteiger partial charge in [-0.25, -0.2) is 15.0 Å². The molecule has 0 aromatic heterocycles. The third kappa shape index (κ3) is 5.06. The molecule has 5 rings (SSSR count). The SMILES string of the molecule is CC(C)(C)C(=O)N1CCC(CCn2cnc(N)c3nc(Sc4cc5c(cc4Br)OCO5)nc2-3)CC1. The summed E-state index contributed by atoms with van der Waals surface area (Å²) in [6, 6.07) is 3.81. The summed E-state index contributed by atoms with van der Waals surface area (Å²) in [6.07, 6.45) is 4.77. The van der Waals surface area contributed by atoms with Crippen molar-refractivity contribution in [1.82, 2.24) is 24.4 Å². The molecule has 1 fully saturated rings. The minimum atomic E-state index is -0.327. The van der Waals surface area contributed by atoms with Crippen molar-refractivity contribution in [2.75, 3.05) is 25.6 Å². The smallest absolute Gasteiger partial charge is 0.231 e. The Kier molecular flexibility index (Phi) is 6.56. The highest BCUT2D eigenvalue weighted by molar-refractivity contribution is 9.10. The Morgan fingerprint density at radius 3 is 2.63 bits per heavy atom. The number of piperidine rings is 1. The van der Waals surface area contributed by atoms with Crippen LogP contribution in [0.3, 0.4) is 0 Å². The highest BCUT2D eigenvalue weighted by atomic mass is 79.9. The second-order valence-corrected chi connectivity index (χ2v) is 11.9. The lowest BCUT2D eigenvalue weighted by molar-refractivity contribution is -0.140. The standard InChI is InChI=1S/C24H29BrN6O3S/c1-24(2,3)22(32)30-7-4-14(5-8-30)6-9-31-12-27-20(26)19-21(31)29-23(28-19)35-18-11-17-16(10-15(18)25)33-13-34-17/h10-12,14H,4-9,13,26H2,1-3H3. The number of carbonyl (C=O) groups is 1. The number of hydrogen-bond donors (Lipinski definition) is 1. The lowest BCUT2D eigenvalue weighted by Gasteiger charge is -2.35. The number of aromatic nitrogens is 4. The Morgan fingerprint density at radius 2 is 1.91 bits per heavy atom. The molecule has 0 spiro atoms. The van der Waals surface area contributed by atoms with Crippen LogP contribution in [0, 0.1) is 11.3 Å². The quantitative estimate of drug-likeness (QED) is 0.479. The van der Waals surface area contributed by atoms with Gasteiger partial charge in [-0.2, -0.15) is 0 Å². The van der Waals surface area contributed by atoms with E-state index in [-0.39, 0.29) is 18.1 Å². The van der Waals surface area contributed by atoms with E-state index in [1.807, 2.05) is 42.4 Å². The lowest BCUT2D eigenvalue weighted by Crippen LogP contribution is -2.44. The van der Waals surface area contributed by atoms with Crippen LogP contribution in [0.2, 0.25) is 0 Å².